The Morgan fingerprint density at radius 2 is 2.11 bits per heavy atom. The molecule has 0 bridgehead atoms. The third-order valence-corrected chi connectivity index (χ3v) is 4.88. The van der Waals surface area contributed by atoms with Crippen molar-refractivity contribution in [2.45, 2.75) is 25.4 Å². The van der Waals surface area contributed by atoms with Crippen molar-refractivity contribution in [3.05, 3.63) is 59.6 Å². The summed E-state index contributed by atoms with van der Waals surface area (Å²) in [5.41, 5.74) is 2.11. The second-order valence-electron chi connectivity index (χ2n) is 6.68. The van der Waals surface area contributed by atoms with Crippen molar-refractivity contribution in [3.8, 4) is 17.3 Å². The summed E-state index contributed by atoms with van der Waals surface area (Å²) in [5.74, 6) is 0.702. The van der Waals surface area contributed by atoms with Gasteiger partial charge in [0.15, 0.2) is 0 Å². The predicted molar refractivity (Wildman–Crippen MR) is 99.9 cm³/mol. The molecular weight excluding hydrogens is 360 g/mol. The van der Waals surface area contributed by atoms with Crippen LogP contribution in [0.1, 0.15) is 40.7 Å². The van der Waals surface area contributed by atoms with Crippen LogP contribution in [0.3, 0.4) is 0 Å². The Kier molecular flexibility index (Phi) is 5.03. The third-order valence-electron chi connectivity index (χ3n) is 4.88. The fourth-order valence-electron chi connectivity index (χ4n) is 3.40. The molecule has 3 aromatic rings. The molecule has 1 unspecified atom stereocenters. The zero-order chi connectivity index (χ0) is 19.5. The van der Waals surface area contributed by atoms with Gasteiger partial charge >= 0.3 is 5.97 Å². The second-order valence-corrected chi connectivity index (χ2v) is 6.68. The van der Waals surface area contributed by atoms with Crippen LogP contribution in [-0.4, -0.2) is 44.8 Å². The third kappa shape index (κ3) is 3.72. The van der Waals surface area contributed by atoms with E-state index in [1.165, 1.54) is 0 Å². The summed E-state index contributed by atoms with van der Waals surface area (Å²) in [5, 5.41) is 13.1. The monoisotopic (exact) mass is 380 g/mol. The molecule has 2 aromatic heterocycles. The first-order chi connectivity index (χ1) is 13.6. The van der Waals surface area contributed by atoms with Gasteiger partial charge in [0.05, 0.1) is 18.7 Å². The van der Waals surface area contributed by atoms with Crippen LogP contribution in [0.15, 0.2) is 47.1 Å². The van der Waals surface area contributed by atoms with Crippen LogP contribution >= 0.6 is 0 Å². The fraction of sp³-hybridized carbons (Fsp3) is 0.300. The standard InChI is InChI=1S/C20H20N4O4/c1-27-17-9-8-15(11-21-17)18-22-19(28-23-18)16-3-2-10-24(16)12-13-4-6-14(7-5-13)20(25)26/h4-9,11,16H,2-3,10,12H2,1H3,(H,25,26). The highest BCUT2D eigenvalue weighted by molar-refractivity contribution is 5.87. The Morgan fingerprint density at radius 1 is 1.29 bits per heavy atom. The summed E-state index contributed by atoms with van der Waals surface area (Å²) in [4.78, 5) is 22.0. The van der Waals surface area contributed by atoms with E-state index in [1.54, 1.807) is 31.5 Å². The number of pyridine rings is 1. The van der Waals surface area contributed by atoms with E-state index in [1.807, 2.05) is 18.2 Å². The number of methoxy groups -OCH3 is 1. The lowest BCUT2D eigenvalue weighted by Crippen LogP contribution is -2.23. The van der Waals surface area contributed by atoms with Gasteiger partial charge in [-0.3, -0.25) is 4.90 Å². The largest absolute Gasteiger partial charge is 0.481 e. The Bertz CT molecular complexity index is 953. The van der Waals surface area contributed by atoms with Gasteiger partial charge in [0, 0.05) is 24.4 Å². The van der Waals surface area contributed by atoms with Gasteiger partial charge in [-0.1, -0.05) is 17.3 Å². The smallest absolute Gasteiger partial charge is 0.335 e. The van der Waals surface area contributed by atoms with E-state index in [-0.39, 0.29) is 11.6 Å². The lowest BCUT2D eigenvalue weighted by atomic mass is 10.1. The molecule has 1 aromatic carbocycles. The number of hydrogen-bond acceptors (Lipinski definition) is 7. The van der Waals surface area contributed by atoms with Gasteiger partial charge < -0.3 is 14.4 Å². The van der Waals surface area contributed by atoms with Gasteiger partial charge in [-0.15, -0.1) is 0 Å². The first kappa shape index (κ1) is 18.1. The topological polar surface area (TPSA) is 102 Å². The maximum Gasteiger partial charge on any atom is 0.335 e. The van der Waals surface area contributed by atoms with Crippen LogP contribution in [0.5, 0.6) is 5.88 Å². The number of carbonyl (C=O) groups is 1. The highest BCUT2D eigenvalue weighted by atomic mass is 16.5. The summed E-state index contributed by atoms with van der Waals surface area (Å²) >= 11 is 0. The lowest BCUT2D eigenvalue weighted by molar-refractivity contribution is 0.0697. The number of aromatic carboxylic acids is 1. The van der Waals surface area contributed by atoms with Crippen molar-refractivity contribution in [2.24, 2.45) is 0 Å². The van der Waals surface area contributed by atoms with E-state index >= 15 is 0 Å². The summed E-state index contributed by atoms with van der Waals surface area (Å²) in [6.07, 6.45) is 3.64. The molecule has 0 amide bonds. The second kappa shape index (κ2) is 7.77. The molecule has 4 rings (SSSR count). The van der Waals surface area contributed by atoms with Crippen molar-refractivity contribution < 1.29 is 19.2 Å². The highest BCUT2D eigenvalue weighted by Gasteiger charge is 2.30. The van der Waals surface area contributed by atoms with E-state index in [2.05, 4.69) is 20.0 Å². The molecule has 1 aliphatic heterocycles. The molecule has 8 heteroatoms. The van der Waals surface area contributed by atoms with E-state index in [0.717, 1.165) is 30.5 Å². The van der Waals surface area contributed by atoms with Crippen molar-refractivity contribution >= 4 is 5.97 Å². The molecule has 28 heavy (non-hydrogen) atoms. The van der Waals surface area contributed by atoms with Crippen LogP contribution in [0.25, 0.3) is 11.4 Å². The predicted octanol–water partition coefficient (Wildman–Crippen LogP) is 3.18. The minimum Gasteiger partial charge on any atom is -0.481 e. The zero-order valence-electron chi connectivity index (χ0n) is 15.4. The molecule has 1 atom stereocenters. The maximum atomic E-state index is 11.0. The quantitative estimate of drug-likeness (QED) is 0.696. The molecule has 0 spiro atoms. The minimum atomic E-state index is -0.919. The number of benzene rings is 1. The number of likely N-dealkylation sites (tertiary alicyclic amines) is 1. The maximum absolute atomic E-state index is 11.0. The molecule has 1 fully saturated rings. The number of aromatic nitrogens is 3. The summed E-state index contributed by atoms with van der Waals surface area (Å²) in [6, 6.07) is 10.6. The number of ether oxygens (including phenoxy) is 1. The van der Waals surface area contributed by atoms with Gasteiger partial charge in [-0.05, 0) is 43.1 Å². The van der Waals surface area contributed by atoms with Crippen molar-refractivity contribution in [1.82, 2.24) is 20.0 Å². The molecule has 0 radical (unpaired) electrons. The van der Waals surface area contributed by atoms with Crippen molar-refractivity contribution in [3.63, 3.8) is 0 Å². The molecule has 1 N–H and O–H groups in total. The van der Waals surface area contributed by atoms with Crippen LogP contribution in [0.2, 0.25) is 0 Å². The van der Waals surface area contributed by atoms with E-state index in [4.69, 9.17) is 14.4 Å². The van der Waals surface area contributed by atoms with Gasteiger partial charge in [0.1, 0.15) is 0 Å². The molecule has 8 nitrogen and oxygen atoms in total. The normalized spacial score (nSPS) is 17.0. The highest BCUT2D eigenvalue weighted by Crippen LogP contribution is 2.33. The van der Waals surface area contributed by atoms with Crippen LogP contribution in [0, 0.1) is 0 Å². The Balaban J connectivity index is 1.48. The van der Waals surface area contributed by atoms with E-state index < -0.39 is 5.97 Å². The number of hydrogen-bond donors (Lipinski definition) is 1. The summed E-state index contributed by atoms with van der Waals surface area (Å²) < 4.78 is 10.6. The van der Waals surface area contributed by atoms with Gasteiger partial charge in [0.25, 0.3) is 0 Å². The number of carboxylic acids is 1. The number of carboxylic acid groups (broad SMARTS) is 1. The van der Waals surface area contributed by atoms with Gasteiger partial charge in [-0.2, -0.15) is 4.98 Å². The average Bonchev–Trinajstić information content (AvgIpc) is 3.38. The van der Waals surface area contributed by atoms with E-state index in [9.17, 15) is 4.79 Å². The van der Waals surface area contributed by atoms with Crippen LogP contribution < -0.4 is 4.74 Å². The minimum absolute atomic E-state index is 0.0478. The average molecular weight is 380 g/mol. The summed E-state index contributed by atoms with van der Waals surface area (Å²) in [7, 11) is 1.57. The van der Waals surface area contributed by atoms with Gasteiger partial charge in [0.2, 0.25) is 17.6 Å². The SMILES string of the molecule is COc1ccc(-c2noc(C3CCCN3Cc3ccc(C(=O)O)cc3)n2)cn1. The Labute approximate surface area is 161 Å². The molecular formula is C20H20N4O4. The lowest BCUT2D eigenvalue weighted by Gasteiger charge is -2.21. The van der Waals surface area contributed by atoms with Crippen LogP contribution in [0.4, 0.5) is 0 Å². The molecule has 0 saturated carbocycles. The van der Waals surface area contributed by atoms with Crippen molar-refractivity contribution in [1.29, 1.82) is 0 Å². The van der Waals surface area contributed by atoms with E-state index in [0.29, 0.717) is 24.1 Å². The molecule has 1 aliphatic rings. The molecule has 3 heterocycles. The summed E-state index contributed by atoms with van der Waals surface area (Å²) in [6.45, 7) is 1.62. The molecule has 1 saturated heterocycles. The molecule has 144 valence electrons. The first-order valence-corrected chi connectivity index (χ1v) is 9.04. The zero-order valence-corrected chi connectivity index (χ0v) is 15.4. The van der Waals surface area contributed by atoms with Crippen molar-refractivity contribution in [2.75, 3.05) is 13.7 Å². The first-order valence-electron chi connectivity index (χ1n) is 9.04. The molecule has 0 aliphatic carbocycles. The Hall–Kier alpha value is -3.26. The number of rotatable bonds is 6. The van der Waals surface area contributed by atoms with Gasteiger partial charge in [-0.25, -0.2) is 9.78 Å². The number of nitrogens with zero attached hydrogens (tertiary/aromatic N) is 4. The van der Waals surface area contributed by atoms with Crippen LogP contribution in [-0.2, 0) is 6.54 Å². The fourth-order valence-corrected chi connectivity index (χ4v) is 3.40. The Morgan fingerprint density at radius 3 is 2.79 bits per heavy atom.